The molecule has 23 heavy (non-hydrogen) atoms. The molecular weight excluding hydrogens is 423 g/mol. The molecule has 0 saturated carbocycles. The molecule has 1 heterocycles. The number of thiazole rings is 1. The van der Waals surface area contributed by atoms with Crippen LogP contribution in [0.25, 0.3) is 0 Å². The van der Waals surface area contributed by atoms with Gasteiger partial charge in [0.2, 0.25) is 0 Å². The van der Waals surface area contributed by atoms with E-state index in [4.69, 9.17) is 4.74 Å². The van der Waals surface area contributed by atoms with E-state index >= 15 is 0 Å². The van der Waals surface area contributed by atoms with Gasteiger partial charge in [0.1, 0.15) is 0 Å². The molecule has 0 amide bonds. The van der Waals surface area contributed by atoms with E-state index in [1.54, 1.807) is 11.3 Å². The standard InChI is InChI=1S/C16H30N4OS.HI/c1-4-17-16(19-11-8-12-21-5-2)18-10-7-6-9-15-20-14(3)13-22-15;/h13H,4-12H2,1-3H3,(H2,17,18,19);1H. The molecule has 1 aromatic heterocycles. The van der Waals surface area contributed by atoms with E-state index in [1.165, 1.54) is 5.01 Å². The quantitative estimate of drug-likeness (QED) is 0.233. The fourth-order valence-corrected chi connectivity index (χ4v) is 2.79. The predicted octanol–water partition coefficient (Wildman–Crippen LogP) is 3.37. The molecule has 0 aliphatic heterocycles. The molecule has 0 saturated heterocycles. The van der Waals surface area contributed by atoms with Crippen LogP contribution in [0.15, 0.2) is 10.4 Å². The molecule has 0 fully saturated rings. The van der Waals surface area contributed by atoms with Crippen LogP contribution in [0.4, 0.5) is 0 Å². The molecule has 0 spiro atoms. The second-order valence-corrected chi connectivity index (χ2v) is 6.02. The number of aromatic nitrogens is 1. The van der Waals surface area contributed by atoms with Crippen molar-refractivity contribution < 1.29 is 4.74 Å². The van der Waals surface area contributed by atoms with Crippen molar-refractivity contribution >= 4 is 41.3 Å². The summed E-state index contributed by atoms with van der Waals surface area (Å²) in [4.78, 5) is 9.04. The lowest BCUT2D eigenvalue weighted by molar-refractivity contribution is 0.146. The molecule has 5 nitrogen and oxygen atoms in total. The van der Waals surface area contributed by atoms with Crippen LogP contribution in [0.3, 0.4) is 0 Å². The van der Waals surface area contributed by atoms with Gasteiger partial charge in [-0.1, -0.05) is 0 Å². The number of aryl methyl sites for hydroxylation is 2. The van der Waals surface area contributed by atoms with Crippen molar-refractivity contribution in [3.8, 4) is 0 Å². The highest BCUT2D eigenvalue weighted by atomic mass is 127. The molecule has 134 valence electrons. The number of unbranched alkanes of at least 4 members (excludes halogenated alkanes) is 1. The van der Waals surface area contributed by atoms with E-state index in [1.807, 2.05) is 13.8 Å². The number of hydrogen-bond acceptors (Lipinski definition) is 4. The summed E-state index contributed by atoms with van der Waals surface area (Å²) in [6, 6.07) is 0. The Hall–Kier alpha value is -0.410. The largest absolute Gasteiger partial charge is 0.382 e. The third-order valence-corrected chi connectivity index (χ3v) is 4.07. The first-order valence-electron chi connectivity index (χ1n) is 8.27. The van der Waals surface area contributed by atoms with Gasteiger partial charge in [0.15, 0.2) is 5.96 Å². The highest BCUT2D eigenvalue weighted by molar-refractivity contribution is 14.0. The summed E-state index contributed by atoms with van der Waals surface area (Å²) in [5, 5.41) is 10.0. The summed E-state index contributed by atoms with van der Waals surface area (Å²) >= 11 is 1.76. The Morgan fingerprint density at radius 3 is 2.74 bits per heavy atom. The molecule has 2 N–H and O–H groups in total. The monoisotopic (exact) mass is 454 g/mol. The topological polar surface area (TPSA) is 58.5 Å². The minimum absolute atomic E-state index is 0. The molecule has 7 heteroatoms. The average molecular weight is 454 g/mol. The summed E-state index contributed by atoms with van der Waals surface area (Å²) in [5.74, 6) is 0.907. The molecular formula is C16H31IN4OS. The van der Waals surface area contributed by atoms with Gasteiger partial charge in [0, 0.05) is 43.9 Å². The lowest BCUT2D eigenvalue weighted by Gasteiger charge is -2.11. The summed E-state index contributed by atoms with van der Waals surface area (Å²) in [6.45, 7) is 10.3. The molecule has 1 rings (SSSR count). The zero-order chi connectivity index (χ0) is 16.0. The van der Waals surface area contributed by atoms with Crippen LogP contribution in [0, 0.1) is 6.92 Å². The van der Waals surface area contributed by atoms with Crippen LogP contribution in [0.1, 0.15) is 43.8 Å². The maximum Gasteiger partial charge on any atom is 0.191 e. The van der Waals surface area contributed by atoms with Gasteiger partial charge in [-0.15, -0.1) is 35.3 Å². The highest BCUT2D eigenvalue weighted by Crippen LogP contribution is 2.11. The average Bonchev–Trinajstić information content (AvgIpc) is 2.92. The van der Waals surface area contributed by atoms with Crippen molar-refractivity contribution in [2.75, 3.05) is 32.8 Å². The summed E-state index contributed by atoms with van der Waals surface area (Å²) < 4.78 is 5.32. The molecule has 0 unspecified atom stereocenters. The van der Waals surface area contributed by atoms with Crippen LogP contribution in [-0.2, 0) is 11.2 Å². The number of nitrogens with zero attached hydrogens (tertiary/aromatic N) is 2. The first-order valence-corrected chi connectivity index (χ1v) is 9.15. The van der Waals surface area contributed by atoms with Gasteiger partial charge < -0.3 is 15.4 Å². The smallest absolute Gasteiger partial charge is 0.191 e. The van der Waals surface area contributed by atoms with E-state index in [-0.39, 0.29) is 24.0 Å². The van der Waals surface area contributed by atoms with E-state index in [0.717, 1.165) is 70.2 Å². The highest BCUT2D eigenvalue weighted by Gasteiger charge is 2.00. The molecule has 0 aliphatic rings. The van der Waals surface area contributed by atoms with Crippen molar-refractivity contribution in [1.29, 1.82) is 0 Å². The molecule has 0 aliphatic carbocycles. The van der Waals surface area contributed by atoms with Gasteiger partial charge in [-0.2, -0.15) is 0 Å². The SMILES string of the molecule is CCNC(=NCCCOCC)NCCCCc1nc(C)cs1.I. The number of halogens is 1. The summed E-state index contributed by atoms with van der Waals surface area (Å²) in [5.41, 5.74) is 1.13. The second kappa shape index (κ2) is 15.1. The maximum atomic E-state index is 5.32. The van der Waals surface area contributed by atoms with Gasteiger partial charge in [0.25, 0.3) is 0 Å². The third kappa shape index (κ3) is 11.7. The van der Waals surface area contributed by atoms with Gasteiger partial charge >= 0.3 is 0 Å². The van der Waals surface area contributed by atoms with Crippen LogP contribution in [0.5, 0.6) is 0 Å². The molecule has 1 aromatic rings. The van der Waals surface area contributed by atoms with Crippen LogP contribution in [0.2, 0.25) is 0 Å². The first-order chi connectivity index (χ1) is 10.8. The Morgan fingerprint density at radius 1 is 1.26 bits per heavy atom. The Kier molecular flexibility index (Phi) is 14.9. The first kappa shape index (κ1) is 22.6. The Balaban J connectivity index is 0.00000484. The number of nitrogens with one attached hydrogen (secondary N) is 2. The third-order valence-electron chi connectivity index (χ3n) is 3.04. The zero-order valence-corrected chi connectivity index (χ0v) is 17.7. The molecule has 0 radical (unpaired) electrons. The van der Waals surface area contributed by atoms with Crippen molar-refractivity contribution in [3.63, 3.8) is 0 Å². The molecule has 0 aromatic carbocycles. The number of hydrogen-bond donors (Lipinski definition) is 2. The van der Waals surface area contributed by atoms with E-state index < -0.39 is 0 Å². The lowest BCUT2D eigenvalue weighted by Crippen LogP contribution is -2.37. The van der Waals surface area contributed by atoms with Crippen molar-refractivity contribution in [2.24, 2.45) is 4.99 Å². The van der Waals surface area contributed by atoms with Crippen molar-refractivity contribution in [2.45, 2.75) is 46.5 Å². The van der Waals surface area contributed by atoms with E-state index in [0.29, 0.717) is 0 Å². The van der Waals surface area contributed by atoms with Crippen LogP contribution < -0.4 is 10.6 Å². The van der Waals surface area contributed by atoms with Crippen LogP contribution in [-0.4, -0.2) is 43.8 Å². The summed E-state index contributed by atoms with van der Waals surface area (Å²) in [6.07, 6.45) is 4.32. The predicted molar refractivity (Wildman–Crippen MR) is 110 cm³/mol. The van der Waals surface area contributed by atoms with E-state index in [9.17, 15) is 0 Å². The number of aliphatic imine (C=N–C) groups is 1. The minimum Gasteiger partial charge on any atom is -0.382 e. The number of guanidine groups is 1. The molecule has 0 bridgehead atoms. The Labute approximate surface area is 161 Å². The number of ether oxygens (including phenoxy) is 1. The zero-order valence-electron chi connectivity index (χ0n) is 14.6. The van der Waals surface area contributed by atoms with Gasteiger partial charge in [-0.25, -0.2) is 4.98 Å². The fourth-order valence-electron chi connectivity index (χ4n) is 1.97. The van der Waals surface area contributed by atoms with Crippen molar-refractivity contribution in [1.82, 2.24) is 15.6 Å². The fraction of sp³-hybridized carbons (Fsp3) is 0.750. The lowest BCUT2D eigenvalue weighted by atomic mass is 10.2. The van der Waals surface area contributed by atoms with Gasteiger partial charge in [-0.05, 0) is 46.5 Å². The summed E-state index contributed by atoms with van der Waals surface area (Å²) in [7, 11) is 0. The van der Waals surface area contributed by atoms with Gasteiger partial charge in [0.05, 0.1) is 5.01 Å². The molecule has 0 atom stereocenters. The van der Waals surface area contributed by atoms with Crippen LogP contribution >= 0.6 is 35.3 Å². The van der Waals surface area contributed by atoms with E-state index in [2.05, 4.69) is 32.9 Å². The minimum atomic E-state index is 0. The normalized spacial score (nSPS) is 11.2. The maximum absolute atomic E-state index is 5.32. The number of rotatable bonds is 11. The Bertz CT molecular complexity index is 426. The Morgan fingerprint density at radius 2 is 2.09 bits per heavy atom. The van der Waals surface area contributed by atoms with Crippen molar-refractivity contribution in [3.05, 3.63) is 16.1 Å². The van der Waals surface area contributed by atoms with Gasteiger partial charge in [-0.3, -0.25) is 4.99 Å². The second-order valence-electron chi connectivity index (χ2n) is 5.08.